The lowest BCUT2D eigenvalue weighted by atomic mass is 10.3. The van der Waals surface area contributed by atoms with E-state index < -0.39 is 0 Å². The molecule has 0 spiro atoms. The lowest BCUT2D eigenvalue weighted by Crippen LogP contribution is -2.25. The first kappa shape index (κ1) is 14.5. The summed E-state index contributed by atoms with van der Waals surface area (Å²) in [7, 11) is 0. The molecule has 0 aliphatic heterocycles. The summed E-state index contributed by atoms with van der Waals surface area (Å²) in [4.78, 5) is 14.7. The summed E-state index contributed by atoms with van der Waals surface area (Å²) in [6, 6.07) is 7.75. The predicted molar refractivity (Wildman–Crippen MR) is 85.2 cm³/mol. The standard InChI is InChI=1S/C13H17BrN6/c1-3-20(4-2)13-18-11(15)17-12(19-13)16-10-7-5-9(14)6-8-10/h5-8H,3-4H2,1-2H3,(H3,15,16,17,18,19). The van der Waals surface area contributed by atoms with Crippen LogP contribution in [0, 0.1) is 0 Å². The number of aromatic nitrogens is 3. The van der Waals surface area contributed by atoms with E-state index in [9.17, 15) is 0 Å². The topological polar surface area (TPSA) is 80.0 Å². The molecule has 3 N–H and O–H groups in total. The van der Waals surface area contributed by atoms with Crippen molar-refractivity contribution in [1.29, 1.82) is 0 Å². The highest BCUT2D eigenvalue weighted by Crippen LogP contribution is 2.19. The number of anilines is 4. The van der Waals surface area contributed by atoms with Crippen LogP contribution in [0.5, 0.6) is 0 Å². The van der Waals surface area contributed by atoms with E-state index in [0.717, 1.165) is 23.2 Å². The van der Waals surface area contributed by atoms with Crippen molar-refractivity contribution in [3.05, 3.63) is 28.7 Å². The molecule has 6 nitrogen and oxygen atoms in total. The third kappa shape index (κ3) is 3.57. The summed E-state index contributed by atoms with van der Waals surface area (Å²) in [5.74, 6) is 1.24. The molecule has 0 radical (unpaired) electrons. The van der Waals surface area contributed by atoms with E-state index >= 15 is 0 Å². The fraction of sp³-hybridized carbons (Fsp3) is 0.308. The van der Waals surface area contributed by atoms with Gasteiger partial charge in [0.1, 0.15) is 0 Å². The minimum atomic E-state index is 0.210. The second kappa shape index (κ2) is 6.51. The zero-order valence-electron chi connectivity index (χ0n) is 11.5. The molecule has 1 aromatic carbocycles. The van der Waals surface area contributed by atoms with Crippen LogP contribution < -0.4 is 16.0 Å². The van der Waals surface area contributed by atoms with Gasteiger partial charge in [0.05, 0.1) is 0 Å². The Morgan fingerprint density at radius 3 is 2.35 bits per heavy atom. The van der Waals surface area contributed by atoms with Crippen molar-refractivity contribution in [1.82, 2.24) is 15.0 Å². The quantitative estimate of drug-likeness (QED) is 0.873. The summed E-state index contributed by atoms with van der Waals surface area (Å²) in [5, 5.41) is 3.13. The number of nitrogens with one attached hydrogen (secondary N) is 1. The van der Waals surface area contributed by atoms with Gasteiger partial charge in [-0.2, -0.15) is 15.0 Å². The number of rotatable bonds is 5. The first-order chi connectivity index (χ1) is 9.62. The molecule has 106 valence electrons. The Hall–Kier alpha value is -1.89. The Bertz CT molecular complexity index is 568. The Morgan fingerprint density at radius 1 is 1.10 bits per heavy atom. The maximum atomic E-state index is 5.75. The molecule has 0 amide bonds. The van der Waals surface area contributed by atoms with Gasteiger partial charge < -0.3 is 16.0 Å². The number of nitrogens with two attached hydrogens (primary N) is 1. The Morgan fingerprint density at radius 2 is 1.75 bits per heavy atom. The van der Waals surface area contributed by atoms with Gasteiger partial charge >= 0.3 is 0 Å². The molecule has 20 heavy (non-hydrogen) atoms. The molecule has 0 unspecified atom stereocenters. The van der Waals surface area contributed by atoms with E-state index in [-0.39, 0.29) is 5.95 Å². The van der Waals surface area contributed by atoms with Crippen molar-refractivity contribution in [2.75, 3.05) is 29.0 Å². The van der Waals surface area contributed by atoms with Crippen LogP contribution in [0.3, 0.4) is 0 Å². The smallest absolute Gasteiger partial charge is 0.233 e. The van der Waals surface area contributed by atoms with Crippen molar-refractivity contribution in [2.24, 2.45) is 0 Å². The van der Waals surface area contributed by atoms with Crippen LogP contribution in [0.2, 0.25) is 0 Å². The van der Waals surface area contributed by atoms with Gasteiger partial charge in [-0.3, -0.25) is 0 Å². The fourth-order valence-corrected chi connectivity index (χ4v) is 2.01. The zero-order valence-corrected chi connectivity index (χ0v) is 13.1. The average molecular weight is 337 g/mol. The molecule has 1 aromatic heterocycles. The van der Waals surface area contributed by atoms with Gasteiger partial charge in [-0.25, -0.2) is 0 Å². The second-order valence-corrected chi connectivity index (χ2v) is 5.04. The SMILES string of the molecule is CCN(CC)c1nc(N)nc(Nc2ccc(Br)cc2)n1. The van der Waals surface area contributed by atoms with E-state index in [0.29, 0.717) is 11.9 Å². The van der Waals surface area contributed by atoms with Gasteiger partial charge in [0, 0.05) is 23.2 Å². The minimum absolute atomic E-state index is 0.210. The molecular formula is C13H17BrN6. The summed E-state index contributed by atoms with van der Waals surface area (Å²) in [6.07, 6.45) is 0. The number of hydrogen-bond donors (Lipinski definition) is 2. The lowest BCUT2D eigenvalue weighted by Gasteiger charge is -2.19. The van der Waals surface area contributed by atoms with Crippen LogP contribution in [-0.2, 0) is 0 Å². The number of hydrogen-bond acceptors (Lipinski definition) is 6. The van der Waals surface area contributed by atoms with Crippen LogP contribution in [0.4, 0.5) is 23.5 Å². The molecule has 2 aromatic rings. The maximum absolute atomic E-state index is 5.75. The van der Waals surface area contributed by atoms with Gasteiger partial charge in [0.2, 0.25) is 17.8 Å². The van der Waals surface area contributed by atoms with E-state index in [1.165, 1.54) is 0 Å². The lowest BCUT2D eigenvalue weighted by molar-refractivity contribution is 0.816. The van der Waals surface area contributed by atoms with Crippen LogP contribution in [0.1, 0.15) is 13.8 Å². The van der Waals surface area contributed by atoms with Crippen molar-refractivity contribution in [3.8, 4) is 0 Å². The van der Waals surface area contributed by atoms with Crippen molar-refractivity contribution in [3.63, 3.8) is 0 Å². The molecule has 0 aliphatic rings. The molecule has 0 atom stereocenters. The third-order valence-corrected chi connectivity index (χ3v) is 3.32. The highest BCUT2D eigenvalue weighted by atomic mass is 79.9. The number of benzene rings is 1. The first-order valence-electron chi connectivity index (χ1n) is 6.41. The second-order valence-electron chi connectivity index (χ2n) is 4.12. The summed E-state index contributed by atoms with van der Waals surface area (Å²) in [6.45, 7) is 5.73. The highest BCUT2D eigenvalue weighted by Gasteiger charge is 2.09. The van der Waals surface area contributed by atoms with Crippen molar-refractivity contribution < 1.29 is 0 Å². The van der Waals surface area contributed by atoms with Crippen molar-refractivity contribution >= 4 is 39.5 Å². The largest absolute Gasteiger partial charge is 0.368 e. The molecule has 0 bridgehead atoms. The van der Waals surface area contributed by atoms with Gasteiger partial charge in [-0.1, -0.05) is 15.9 Å². The predicted octanol–water partition coefficient (Wildman–Crippen LogP) is 2.81. The molecule has 2 rings (SSSR count). The van der Waals surface area contributed by atoms with Crippen LogP contribution >= 0.6 is 15.9 Å². The number of nitrogens with zero attached hydrogens (tertiary/aromatic N) is 4. The number of nitrogen functional groups attached to an aromatic ring is 1. The normalized spacial score (nSPS) is 10.3. The van der Waals surface area contributed by atoms with E-state index in [1.807, 2.05) is 43.0 Å². The molecular weight excluding hydrogens is 320 g/mol. The van der Waals surface area contributed by atoms with Gasteiger partial charge in [-0.05, 0) is 38.1 Å². The number of halogens is 1. The average Bonchev–Trinajstić information content (AvgIpc) is 2.42. The molecule has 0 saturated carbocycles. The summed E-state index contributed by atoms with van der Waals surface area (Å²) in [5.41, 5.74) is 6.64. The Labute approximate surface area is 126 Å². The third-order valence-electron chi connectivity index (χ3n) is 2.79. The molecule has 0 fully saturated rings. The van der Waals surface area contributed by atoms with Crippen molar-refractivity contribution in [2.45, 2.75) is 13.8 Å². The van der Waals surface area contributed by atoms with Crippen LogP contribution in [-0.4, -0.2) is 28.0 Å². The van der Waals surface area contributed by atoms with Gasteiger partial charge in [0.15, 0.2) is 0 Å². The first-order valence-corrected chi connectivity index (χ1v) is 7.20. The molecule has 7 heteroatoms. The highest BCUT2D eigenvalue weighted by molar-refractivity contribution is 9.10. The Balaban J connectivity index is 2.25. The summed E-state index contributed by atoms with van der Waals surface area (Å²) < 4.78 is 1.02. The van der Waals surface area contributed by atoms with E-state index in [2.05, 4.69) is 36.2 Å². The maximum Gasteiger partial charge on any atom is 0.233 e. The molecule has 0 aliphatic carbocycles. The van der Waals surface area contributed by atoms with Crippen LogP contribution in [0.15, 0.2) is 28.7 Å². The van der Waals surface area contributed by atoms with Gasteiger partial charge in [-0.15, -0.1) is 0 Å². The monoisotopic (exact) mass is 336 g/mol. The zero-order chi connectivity index (χ0) is 14.5. The minimum Gasteiger partial charge on any atom is -0.368 e. The molecule has 1 heterocycles. The van der Waals surface area contributed by atoms with E-state index in [4.69, 9.17) is 5.73 Å². The molecule has 0 saturated heterocycles. The van der Waals surface area contributed by atoms with Crippen LogP contribution in [0.25, 0.3) is 0 Å². The van der Waals surface area contributed by atoms with E-state index in [1.54, 1.807) is 0 Å². The van der Waals surface area contributed by atoms with Gasteiger partial charge in [0.25, 0.3) is 0 Å². The summed E-state index contributed by atoms with van der Waals surface area (Å²) >= 11 is 3.40. The Kier molecular flexibility index (Phi) is 4.73. The fourth-order valence-electron chi connectivity index (χ4n) is 1.75.